The highest BCUT2D eigenvalue weighted by Crippen LogP contribution is 2.37. The average molecular weight is 423 g/mol. The Morgan fingerprint density at radius 1 is 1.07 bits per heavy atom. The quantitative estimate of drug-likeness (QED) is 0.466. The smallest absolute Gasteiger partial charge is 0.339 e. The van der Waals surface area contributed by atoms with Crippen LogP contribution < -0.4 is 14.2 Å². The van der Waals surface area contributed by atoms with Gasteiger partial charge in [-0.2, -0.15) is 0 Å². The topological polar surface area (TPSA) is 159 Å². The summed E-state index contributed by atoms with van der Waals surface area (Å²) in [5.74, 6) is -3.30. The van der Waals surface area contributed by atoms with Crippen LogP contribution in [-0.2, 0) is 14.8 Å². The molecule has 154 valence electrons. The molecule has 0 fully saturated rings. The number of aromatic carboxylic acids is 1. The minimum atomic E-state index is -4.29. The number of sulfonamides is 1. The first-order chi connectivity index (χ1) is 13.6. The molecule has 2 aromatic rings. The molecule has 0 radical (unpaired) electrons. The Kier molecular flexibility index (Phi) is 6.34. The third-order valence-corrected chi connectivity index (χ3v) is 5.04. The lowest BCUT2D eigenvalue weighted by Gasteiger charge is -2.16. The summed E-state index contributed by atoms with van der Waals surface area (Å²) in [4.78, 5) is 21.3. The van der Waals surface area contributed by atoms with Gasteiger partial charge < -0.3 is 24.8 Å². The van der Waals surface area contributed by atoms with E-state index in [9.17, 15) is 23.1 Å². The Balaban J connectivity index is 2.55. The van der Waals surface area contributed by atoms with Crippen molar-refractivity contribution in [1.82, 2.24) is 0 Å². The van der Waals surface area contributed by atoms with Crippen LogP contribution in [0.25, 0.3) is 6.08 Å². The number of anilines is 1. The zero-order valence-electron chi connectivity index (χ0n) is 15.2. The van der Waals surface area contributed by atoms with Crippen molar-refractivity contribution in [3.05, 3.63) is 47.5 Å². The summed E-state index contributed by atoms with van der Waals surface area (Å²) in [6.45, 7) is 0. The molecule has 11 heteroatoms. The van der Waals surface area contributed by atoms with Crippen molar-refractivity contribution >= 4 is 33.7 Å². The number of benzene rings is 2. The van der Waals surface area contributed by atoms with Gasteiger partial charge in [0.15, 0.2) is 11.5 Å². The maximum absolute atomic E-state index is 12.9. The average Bonchev–Trinajstić information content (AvgIpc) is 2.64. The van der Waals surface area contributed by atoms with Crippen LogP contribution >= 0.6 is 0 Å². The van der Waals surface area contributed by atoms with Crippen LogP contribution in [0.15, 0.2) is 41.3 Å². The van der Waals surface area contributed by atoms with E-state index >= 15 is 0 Å². The molecule has 0 aliphatic rings. The second-order valence-electron chi connectivity index (χ2n) is 5.57. The molecule has 0 unspecified atom stereocenters. The van der Waals surface area contributed by atoms with Crippen molar-refractivity contribution in [2.75, 3.05) is 18.9 Å². The van der Waals surface area contributed by atoms with Crippen molar-refractivity contribution < 1.29 is 42.8 Å². The summed E-state index contributed by atoms with van der Waals surface area (Å²) >= 11 is 0. The summed E-state index contributed by atoms with van der Waals surface area (Å²) in [5, 5.41) is 27.5. The molecule has 0 heterocycles. The molecule has 0 saturated carbocycles. The van der Waals surface area contributed by atoms with Crippen molar-refractivity contribution in [2.24, 2.45) is 0 Å². The second-order valence-corrected chi connectivity index (χ2v) is 7.22. The van der Waals surface area contributed by atoms with Crippen LogP contribution in [0.3, 0.4) is 0 Å². The maximum Gasteiger partial charge on any atom is 0.339 e. The van der Waals surface area contributed by atoms with Crippen LogP contribution in [0.1, 0.15) is 15.9 Å². The highest BCUT2D eigenvalue weighted by Gasteiger charge is 2.24. The van der Waals surface area contributed by atoms with Gasteiger partial charge in [-0.15, -0.1) is 0 Å². The first-order valence-corrected chi connectivity index (χ1v) is 9.33. The Bertz CT molecular complexity index is 1090. The monoisotopic (exact) mass is 423 g/mol. The predicted molar refractivity (Wildman–Crippen MR) is 102 cm³/mol. The summed E-state index contributed by atoms with van der Waals surface area (Å²) in [6, 6.07) is 5.72. The number of methoxy groups -OCH3 is 2. The van der Waals surface area contributed by atoms with Crippen molar-refractivity contribution in [1.29, 1.82) is 0 Å². The molecule has 0 saturated heterocycles. The van der Waals surface area contributed by atoms with E-state index in [2.05, 4.69) is 4.72 Å². The molecule has 2 aromatic carbocycles. The molecule has 0 aliphatic carbocycles. The molecule has 0 aromatic heterocycles. The molecule has 0 aliphatic heterocycles. The van der Waals surface area contributed by atoms with E-state index in [1.165, 1.54) is 38.5 Å². The van der Waals surface area contributed by atoms with Gasteiger partial charge in [0.2, 0.25) is 0 Å². The molecule has 29 heavy (non-hydrogen) atoms. The molecular formula is C18H17NO9S. The number of hydrogen-bond donors (Lipinski definition) is 4. The Morgan fingerprint density at radius 2 is 1.76 bits per heavy atom. The van der Waals surface area contributed by atoms with Crippen LogP contribution in [-0.4, -0.2) is 49.9 Å². The number of aliphatic carboxylic acids is 1. The zero-order chi connectivity index (χ0) is 21.8. The third kappa shape index (κ3) is 4.96. The SMILES string of the molecule is COc1cc(C=CC(=O)O)cc(S(=O)(=O)Nc2ccc(C(=O)O)c(O)c2)c1OC. The molecule has 0 bridgehead atoms. The number of rotatable bonds is 8. The predicted octanol–water partition coefficient (Wildman–Crippen LogP) is 2.01. The highest BCUT2D eigenvalue weighted by molar-refractivity contribution is 7.92. The summed E-state index contributed by atoms with van der Waals surface area (Å²) in [6.07, 6.45) is 2.00. The van der Waals surface area contributed by atoms with Crippen LogP contribution in [0.2, 0.25) is 0 Å². The standard InChI is InChI=1S/C18H17NO9S/c1-27-14-7-10(3-6-16(21)22)8-15(17(14)28-2)29(25,26)19-11-4-5-12(18(23)24)13(20)9-11/h3-9,19-20H,1-2H3,(H,21,22)(H,23,24). The van der Waals surface area contributed by atoms with Gasteiger partial charge in [-0.25, -0.2) is 18.0 Å². The second kappa shape index (κ2) is 8.52. The minimum absolute atomic E-state index is 0.0458. The van der Waals surface area contributed by atoms with Gasteiger partial charge in [-0.3, -0.25) is 4.72 Å². The number of carbonyl (C=O) groups is 2. The highest BCUT2D eigenvalue weighted by atomic mass is 32.2. The van der Waals surface area contributed by atoms with Gasteiger partial charge in [0.05, 0.1) is 19.9 Å². The normalized spacial score (nSPS) is 11.2. The van der Waals surface area contributed by atoms with E-state index in [1.54, 1.807) is 0 Å². The van der Waals surface area contributed by atoms with E-state index in [1.807, 2.05) is 0 Å². The minimum Gasteiger partial charge on any atom is -0.507 e. The fourth-order valence-corrected chi connectivity index (χ4v) is 3.67. The summed E-state index contributed by atoms with van der Waals surface area (Å²) in [5.41, 5.74) is -0.275. The molecule has 2 rings (SSSR count). The number of nitrogens with one attached hydrogen (secondary N) is 1. The molecule has 4 N–H and O–H groups in total. The number of ether oxygens (including phenoxy) is 2. The van der Waals surface area contributed by atoms with Crippen molar-refractivity contribution in [3.8, 4) is 17.2 Å². The number of phenols is 1. The van der Waals surface area contributed by atoms with Gasteiger partial charge >= 0.3 is 11.9 Å². The molecule has 0 spiro atoms. The van der Waals surface area contributed by atoms with E-state index in [0.717, 1.165) is 18.2 Å². The lowest BCUT2D eigenvalue weighted by atomic mass is 10.2. The van der Waals surface area contributed by atoms with E-state index in [0.29, 0.717) is 0 Å². The van der Waals surface area contributed by atoms with Crippen LogP contribution in [0, 0.1) is 0 Å². The van der Waals surface area contributed by atoms with Gasteiger partial charge in [0.25, 0.3) is 10.0 Å². The first-order valence-electron chi connectivity index (χ1n) is 7.85. The van der Waals surface area contributed by atoms with Gasteiger partial charge in [-0.1, -0.05) is 0 Å². The lowest BCUT2D eigenvalue weighted by Crippen LogP contribution is -2.15. The zero-order valence-corrected chi connectivity index (χ0v) is 16.1. The first kappa shape index (κ1) is 21.6. The summed E-state index contributed by atoms with van der Waals surface area (Å²) in [7, 11) is -1.77. The van der Waals surface area contributed by atoms with Crippen molar-refractivity contribution in [2.45, 2.75) is 4.90 Å². The molecule has 10 nitrogen and oxygen atoms in total. The molecule has 0 amide bonds. The number of carboxylic acids is 2. The van der Waals surface area contributed by atoms with Crippen LogP contribution in [0.5, 0.6) is 17.2 Å². The van der Waals surface area contributed by atoms with Gasteiger partial charge in [0, 0.05) is 12.1 Å². The Morgan fingerprint density at radius 3 is 2.28 bits per heavy atom. The van der Waals surface area contributed by atoms with Gasteiger partial charge in [-0.05, 0) is 35.9 Å². The number of hydrogen-bond acceptors (Lipinski definition) is 7. The lowest BCUT2D eigenvalue weighted by molar-refractivity contribution is -0.131. The Labute approximate surface area is 165 Å². The molecule has 0 atom stereocenters. The fraction of sp³-hybridized carbons (Fsp3) is 0.111. The van der Waals surface area contributed by atoms with E-state index in [4.69, 9.17) is 19.7 Å². The largest absolute Gasteiger partial charge is 0.507 e. The summed E-state index contributed by atoms with van der Waals surface area (Å²) < 4.78 is 38.2. The molecular weight excluding hydrogens is 406 g/mol. The van der Waals surface area contributed by atoms with Gasteiger partial charge in [0.1, 0.15) is 16.2 Å². The van der Waals surface area contributed by atoms with Crippen LogP contribution in [0.4, 0.5) is 5.69 Å². The number of aromatic hydroxyl groups is 1. The van der Waals surface area contributed by atoms with E-state index in [-0.39, 0.29) is 27.6 Å². The fourth-order valence-electron chi connectivity index (χ4n) is 2.40. The van der Waals surface area contributed by atoms with E-state index < -0.39 is 33.3 Å². The van der Waals surface area contributed by atoms with Crippen molar-refractivity contribution in [3.63, 3.8) is 0 Å². The maximum atomic E-state index is 12.9. The third-order valence-electron chi connectivity index (χ3n) is 3.66. The Hall–Kier alpha value is -3.73. The number of carboxylic acid groups (broad SMARTS) is 2.